The number of carbonyl (C=O) groups is 1. The Hall–Kier alpha value is -1.67. The second-order valence-corrected chi connectivity index (χ2v) is 7.40. The van der Waals surface area contributed by atoms with Crippen molar-refractivity contribution in [2.24, 2.45) is 5.92 Å². The second-order valence-electron chi connectivity index (χ2n) is 5.71. The van der Waals surface area contributed by atoms with E-state index in [2.05, 4.69) is 4.72 Å². The summed E-state index contributed by atoms with van der Waals surface area (Å²) < 4.78 is 46.3. The molecule has 0 spiro atoms. The maximum atomic E-state index is 14.0. The Morgan fingerprint density at radius 3 is 2.43 bits per heavy atom. The highest BCUT2D eigenvalue weighted by Crippen LogP contribution is 2.28. The number of hydrogen-bond donors (Lipinski definition) is 2. The van der Waals surface area contributed by atoms with E-state index in [1.54, 1.807) is 0 Å². The first-order valence-electron chi connectivity index (χ1n) is 7.34. The normalized spacial score (nSPS) is 21.9. The van der Waals surface area contributed by atoms with E-state index in [1.807, 2.05) is 0 Å². The number of halogens is 1. The highest BCUT2D eigenvalue weighted by atomic mass is 32.2. The summed E-state index contributed by atoms with van der Waals surface area (Å²) in [6.45, 7) is 1.38. The fourth-order valence-electron chi connectivity index (χ4n) is 2.83. The lowest BCUT2D eigenvalue weighted by atomic mass is 9.87. The maximum absolute atomic E-state index is 14.0. The van der Waals surface area contributed by atoms with Crippen molar-refractivity contribution < 1.29 is 27.4 Å². The van der Waals surface area contributed by atoms with Crippen molar-refractivity contribution in [3.8, 4) is 5.75 Å². The Morgan fingerprint density at radius 2 is 1.91 bits per heavy atom. The summed E-state index contributed by atoms with van der Waals surface area (Å²) >= 11 is 0. The van der Waals surface area contributed by atoms with Crippen LogP contribution in [0.2, 0.25) is 0 Å². The van der Waals surface area contributed by atoms with E-state index in [0.29, 0.717) is 25.7 Å². The lowest BCUT2D eigenvalue weighted by Gasteiger charge is -2.26. The number of hydrogen-bond acceptors (Lipinski definition) is 4. The van der Waals surface area contributed by atoms with Crippen LogP contribution in [0.15, 0.2) is 17.0 Å². The number of ether oxygens (including phenoxy) is 1. The molecular weight excluding hydrogens is 325 g/mol. The number of carboxylic acids is 1. The van der Waals surface area contributed by atoms with Crippen LogP contribution < -0.4 is 9.46 Å². The number of nitrogens with one attached hydrogen (secondary N) is 1. The Balaban J connectivity index is 2.14. The topological polar surface area (TPSA) is 92.7 Å². The molecule has 0 aliphatic heterocycles. The van der Waals surface area contributed by atoms with Gasteiger partial charge in [-0.15, -0.1) is 0 Å². The van der Waals surface area contributed by atoms with Crippen molar-refractivity contribution in [2.75, 3.05) is 7.11 Å². The van der Waals surface area contributed by atoms with Crippen molar-refractivity contribution in [3.05, 3.63) is 23.5 Å². The largest absolute Gasteiger partial charge is 0.494 e. The fraction of sp³-hybridized carbons (Fsp3) is 0.533. The van der Waals surface area contributed by atoms with Gasteiger partial charge < -0.3 is 9.84 Å². The summed E-state index contributed by atoms with van der Waals surface area (Å²) in [5.41, 5.74) is -0.00364. The van der Waals surface area contributed by atoms with Gasteiger partial charge in [0, 0.05) is 11.6 Å². The summed E-state index contributed by atoms with van der Waals surface area (Å²) in [4.78, 5) is 10.8. The van der Waals surface area contributed by atoms with Crippen LogP contribution >= 0.6 is 0 Å². The van der Waals surface area contributed by atoms with Crippen LogP contribution in [-0.2, 0) is 14.8 Å². The summed E-state index contributed by atoms with van der Waals surface area (Å²) in [6, 6.07) is 2.25. The van der Waals surface area contributed by atoms with Crippen molar-refractivity contribution in [2.45, 2.75) is 43.5 Å². The fourth-order valence-corrected chi connectivity index (χ4v) is 4.37. The number of methoxy groups -OCH3 is 1. The van der Waals surface area contributed by atoms with Crippen LogP contribution in [0.3, 0.4) is 0 Å². The van der Waals surface area contributed by atoms with Gasteiger partial charge in [-0.2, -0.15) is 0 Å². The van der Waals surface area contributed by atoms with Gasteiger partial charge in [-0.05, 0) is 44.7 Å². The molecule has 0 heterocycles. The van der Waals surface area contributed by atoms with E-state index < -0.39 is 27.7 Å². The molecule has 2 N–H and O–H groups in total. The third-order valence-corrected chi connectivity index (χ3v) is 5.87. The molecule has 0 bridgehead atoms. The molecule has 6 nitrogen and oxygen atoms in total. The van der Waals surface area contributed by atoms with E-state index in [1.165, 1.54) is 26.2 Å². The predicted molar refractivity (Wildman–Crippen MR) is 81.4 cm³/mol. The van der Waals surface area contributed by atoms with Crippen LogP contribution in [0.1, 0.15) is 31.2 Å². The molecule has 128 valence electrons. The number of benzene rings is 1. The zero-order valence-corrected chi connectivity index (χ0v) is 13.8. The van der Waals surface area contributed by atoms with Crippen LogP contribution in [0.25, 0.3) is 0 Å². The molecular formula is C15H20FNO5S. The van der Waals surface area contributed by atoms with Crippen LogP contribution in [-0.4, -0.2) is 32.6 Å². The van der Waals surface area contributed by atoms with Gasteiger partial charge >= 0.3 is 5.97 Å². The molecule has 1 saturated carbocycles. The first-order valence-corrected chi connectivity index (χ1v) is 8.82. The summed E-state index contributed by atoms with van der Waals surface area (Å²) in [5.74, 6) is -1.98. The van der Waals surface area contributed by atoms with E-state index in [4.69, 9.17) is 9.84 Å². The van der Waals surface area contributed by atoms with Gasteiger partial charge in [0.05, 0.1) is 17.9 Å². The van der Waals surface area contributed by atoms with E-state index in [0.717, 1.165) is 0 Å². The highest BCUT2D eigenvalue weighted by molar-refractivity contribution is 7.89. The van der Waals surface area contributed by atoms with Gasteiger partial charge in [-0.25, -0.2) is 17.5 Å². The Bertz CT molecular complexity index is 696. The van der Waals surface area contributed by atoms with Gasteiger partial charge in [0.2, 0.25) is 10.0 Å². The summed E-state index contributed by atoms with van der Waals surface area (Å²) in [5, 5.41) is 8.96. The second kappa shape index (κ2) is 6.84. The van der Waals surface area contributed by atoms with Crippen LogP contribution in [0.4, 0.5) is 4.39 Å². The molecule has 1 aromatic rings. The number of rotatable bonds is 5. The SMILES string of the molecule is COc1ccc(S(=O)(=O)NC2CCC(C(=O)O)CC2)c(C)c1F. The Kier molecular flexibility index (Phi) is 5.26. The molecule has 2 rings (SSSR count). The molecule has 0 atom stereocenters. The number of carboxylic acid groups (broad SMARTS) is 1. The van der Waals surface area contributed by atoms with Gasteiger partial charge in [-0.1, -0.05) is 0 Å². The first-order chi connectivity index (χ1) is 10.8. The molecule has 1 aliphatic rings. The Morgan fingerprint density at radius 1 is 1.30 bits per heavy atom. The summed E-state index contributed by atoms with van der Waals surface area (Å²) in [6.07, 6.45) is 1.76. The first kappa shape index (κ1) is 17.7. The molecule has 0 unspecified atom stereocenters. The van der Waals surface area contributed by atoms with Crippen LogP contribution in [0.5, 0.6) is 5.75 Å². The smallest absolute Gasteiger partial charge is 0.306 e. The zero-order valence-electron chi connectivity index (χ0n) is 13.0. The van der Waals surface area contributed by atoms with Gasteiger partial charge in [0.1, 0.15) is 0 Å². The zero-order chi connectivity index (χ0) is 17.2. The quantitative estimate of drug-likeness (QED) is 0.852. The number of sulfonamides is 1. The predicted octanol–water partition coefficient (Wildman–Crippen LogP) is 2.06. The third kappa shape index (κ3) is 3.81. The minimum atomic E-state index is -3.87. The molecule has 0 amide bonds. The Labute approximate surface area is 134 Å². The standard InChI is InChI=1S/C15H20FNO5S/c1-9-13(8-7-12(22-2)14(9)16)23(20,21)17-11-5-3-10(4-6-11)15(18)19/h7-8,10-11,17H,3-6H2,1-2H3,(H,18,19). The molecule has 8 heteroatoms. The lowest BCUT2D eigenvalue weighted by molar-refractivity contribution is -0.142. The van der Waals surface area contributed by atoms with Gasteiger partial charge in [0.15, 0.2) is 11.6 Å². The molecule has 1 fully saturated rings. The third-order valence-electron chi connectivity index (χ3n) is 4.21. The molecule has 0 aromatic heterocycles. The molecule has 23 heavy (non-hydrogen) atoms. The van der Waals surface area contributed by atoms with Gasteiger partial charge in [-0.3, -0.25) is 4.79 Å². The molecule has 1 aliphatic carbocycles. The molecule has 0 radical (unpaired) electrons. The average molecular weight is 345 g/mol. The van der Waals surface area contributed by atoms with Crippen molar-refractivity contribution in [1.29, 1.82) is 0 Å². The van der Waals surface area contributed by atoms with Crippen LogP contribution in [0, 0.1) is 18.7 Å². The lowest BCUT2D eigenvalue weighted by Crippen LogP contribution is -2.39. The minimum absolute atomic E-state index is 0.00364. The van der Waals surface area contributed by atoms with E-state index >= 15 is 0 Å². The van der Waals surface area contributed by atoms with Crippen molar-refractivity contribution in [1.82, 2.24) is 4.72 Å². The van der Waals surface area contributed by atoms with Gasteiger partial charge in [0.25, 0.3) is 0 Å². The number of aliphatic carboxylic acids is 1. The van der Waals surface area contributed by atoms with Crippen molar-refractivity contribution >= 4 is 16.0 Å². The highest BCUT2D eigenvalue weighted by Gasteiger charge is 2.30. The monoisotopic (exact) mass is 345 g/mol. The van der Waals surface area contributed by atoms with E-state index in [-0.39, 0.29) is 22.3 Å². The summed E-state index contributed by atoms with van der Waals surface area (Å²) in [7, 11) is -2.56. The van der Waals surface area contributed by atoms with Crippen molar-refractivity contribution in [3.63, 3.8) is 0 Å². The minimum Gasteiger partial charge on any atom is -0.494 e. The molecule has 0 saturated heterocycles. The maximum Gasteiger partial charge on any atom is 0.306 e. The molecule has 1 aromatic carbocycles. The van der Waals surface area contributed by atoms with E-state index in [9.17, 15) is 17.6 Å². The average Bonchev–Trinajstić information content (AvgIpc) is 2.49.